The SMILES string of the molecule is O=C1CC(C(=O)NCc2cc(Br)cs2)N(C(=O)O)C1. The van der Waals surface area contributed by atoms with Gasteiger partial charge in [0, 0.05) is 21.2 Å². The minimum atomic E-state index is -1.25. The Balaban J connectivity index is 1.95. The zero-order valence-electron chi connectivity index (χ0n) is 9.76. The average Bonchev–Trinajstić information content (AvgIpc) is 2.92. The Kier molecular flexibility index (Phi) is 4.20. The minimum Gasteiger partial charge on any atom is -0.465 e. The highest BCUT2D eigenvalue weighted by molar-refractivity contribution is 9.10. The molecule has 2 amide bonds. The van der Waals surface area contributed by atoms with Crippen molar-refractivity contribution in [1.82, 2.24) is 10.2 Å². The fourth-order valence-corrected chi connectivity index (χ4v) is 3.26. The van der Waals surface area contributed by atoms with E-state index in [0.717, 1.165) is 14.2 Å². The van der Waals surface area contributed by atoms with E-state index in [-0.39, 0.29) is 18.7 Å². The molecule has 1 aromatic rings. The summed E-state index contributed by atoms with van der Waals surface area (Å²) in [6.07, 6.45) is -1.29. The first-order valence-corrected chi connectivity index (χ1v) is 7.16. The first-order chi connectivity index (χ1) is 8.97. The van der Waals surface area contributed by atoms with Crippen LogP contribution in [0.1, 0.15) is 11.3 Å². The van der Waals surface area contributed by atoms with E-state index < -0.39 is 18.0 Å². The molecule has 0 bridgehead atoms. The summed E-state index contributed by atoms with van der Waals surface area (Å²) in [6.45, 7) is 0.116. The van der Waals surface area contributed by atoms with Crippen LogP contribution >= 0.6 is 27.3 Å². The Morgan fingerprint density at radius 2 is 2.32 bits per heavy atom. The van der Waals surface area contributed by atoms with E-state index >= 15 is 0 Å². The number of rotatable bonds is 3. The number of amides is 2. The van der Waals surface area contributed by atoms with E-state index in [9.17, 15) is 14.4 Å². The summed E-state index contributed by atoms with van der Waals surface area (Å²) in [5.74, 6) is -0.667. The van der Waals surface area contributed by atoms with Gasteiger partial charge in [0.2, 0.25) is 5.91 Å². The van der Waals surface area contributed by atoms with Crippen LogP contribution in [0.3, 0.4) is 0 Å². The quantitative estimate of drug-likeness (QED) is 0.867. The standard InChI is InChI=1S/C11H11BrN2O4S/c12-6-1-8(19-5-6)3-13-10(16)9-2-7(15)4-14(9)11(17)18/h1,5,9H,2-4H2,(H,13,16)(H,17,18). The second-order valence-electron chi connectivity index (χ2n) is 4.12. The highest BCUT2D eigenvalue weighted by Crippen LogP contribution is 2.20. The van der Waals surface area contributed by atoms with Gasteiger partial charge in [-0.2, -0.15) is 0 Å². The summed E-state index contributed by atoms with van der Waals surface area (Å²) in [5, 5.41) is 13.5. The van der Waals surface area contributed by atoms with Crippen LogP contribution in [0, 0.1) is 0 Å². The summed E-state index contributed by atoms with van der Waals surface area (Å²) in [6, 6.07) is 0.966. The summed E-state index contributed by atoms with van der Waals surface area (Å²) < 4.78 is 0.935. The van der Waals surface area contributed by atoms with Crippen molar-refractivity contribution < 1.29 is 19.5 Å². The first-order valence-electron chi connectivity index (χ1n) is 5.49. The van der Waals surface area contributed by atoms with E-state index in [0.29, 0.717) is 6.54 Å². The molecule has 6 nitrogen and oxygen atoms in total. The van der Waals surface area contributed by atoms with Crippen LogP contribution in [-0.4, -0.2) is 40.4 Å². The van der Waals surface area contributed by atoms with Gasteiger partial charge in [-0.25, -0.2) is 4.79 Å². The van der Waals surface area contributed by atoms with Crippen LogP contribution in [0.25, 0.3) is 0 Å². The third-order valence-corrected chi connectivity index (χ3v) is 4.45. The number of ketones is 1. The van der Waals surface area contributed by atoms with Crippen LogP contribution in [0.4, 0.5) is 4.79 Å². The lowest BCUT2D eigenvalue weighted by atomic mass is 10.2. The van der Waals surface area contributed by atoms with Gasteiger partial charge >= 0.3 is 6.09 Å². The molecule has 0 aliphatic carbocycles. The van der Waals surface area contributed by atoms with Gasteiger partial charge in [0.15, 0.2) is 5.78 Å². The third kappa shape index (κ3) is 3.32. The number of carbonyl (C=O) groups is 3. The predicted octanol–water partition coefficient (Wildman–Crippen LogP) is 1.45. The van der Waals surface area contributed by atoms with E-state index in [1.54, 1.807) is 0 Å². The number of Topliss-reactive ketones (excluding diaryl/α,β-unsaturated/α-hetero) is 1. The van der Waals surface area contributed by atoms with E-state index in [1.807, 2.05) is 11.4 Å². The maximum atomic E-state index is 11.9. The van der Waals surface area contributed by atoms with Gasteiger partial charge in [-0.1, -0.05) is 0 Å². The molecule has 1 atom stereocenters. The molecule has 1 unspecified atom stereocenters. The lowest BCUT2D eigenvalue weighted by Crippen LogP contribution is -2.45. The van der Waals surface area contributed by atoms with E-state index in [1.165, 1.54) is 11.3 Å². The molecule has 1 aliphatic rings. The number of thiophene rings is 1. The van der Waals surface area contributed by atoms with Crippen molar-refractivity contribution >= 4 is 45.1 Å². The smallest absolute Gasteiger partial charge is 0.408 e. The molecule has 1 fully saturated rings. The zero-order chi connectivity index (χ0) is 14.0. The third-order valence-electron chi connectivity index (χ3n) is 2.75. The fourth-order valence-electron chi connectivity index (χ4n) is 1.86. The fraction of sp³-hybridized carbons (Fsp3) is 0.364. The van der Waals surface area contributed by atoms with Gasteiger partial charge in [0.05, 0.1) is 13.1 Å². The predicted molar refractivity (Wildman–Crippen MR) is 72.0 cm³/mol. The maximum Gasteiger partial charge on any atom is 0.408 e. The van der Waals surface area contributed by atoms with Crippen LogP contribution < -0.4 is 5.32 Å². The number of carbonyl (C=O) groups excluding carboxylic acids is 2. The number of hydrogen-bond acceptors (Lipinski definition) is 4. The number of nitrogens with zero attached hydrogens (tertiary/aromatic N) is 1. The zero-order valence-corrected chi connectivity index (χ0v) is 12.2. The average molecular weight is 347 g/mol. The van der Waals surface area contributed by atoms with Gasteiger partial charge in [0.25, 0.3) is 0 Å². The molecule has 2 heterocycles. The van der Waals surface area contributed by atoms with Gasteiger partial charge in [0.1, 0.15) is 6.04 Å². The van der Waals surface area contributed by atoms with E-state index in [4.69, 9.17) is 5.11 Å². The summed E-state index contributed by atoms with van der Waals surface area (Å²) in [4.78, 5) is 35.9. The Labute approximate surface area is 121 Å². The van der Waals surface area contributed by atoms with Crippen LogP contribution in [0.5, 0.6) is 0 Å². The second-order valence-corrected chi connectivity index (χ2v) is 6.03. The van der Waals surface area contributed by atoms with Crippen LogP contribution in [0.2, 0.25) is 0 Å². The summed E-state index contributed by atoms with van der Waals surface area (Å²) in [7, 11) is 0. The molecule has 0 saturated carbocycles. The Morgan fingerprint density at radius 1 is 1.58 bits per heavy atom. The highest BCUT2D eigenvalue weighted by atomic mass is 79.9. The largest absolute Gasteiger partial charge is 0.465 e. The molecule has 1 aromatic heterocycles. The van der Waals surface area contributed by atoms with E-state index in [2.05, 4.69) is 21.2 Å². The van der Waals surface area contributed by atoms with Crippen molar-refractivity contribution in [3.63, 3.8) is 0 Å². The molecular formula is C11H11BrN2O4S. The lowest BCUT2D eigenvalue weighted by molar-refractivity contribution is -0.125. The molecule has 0 radical (unpaired) electrons. The minimum absolute atomic E-state index is 0.0493. The number of hydrogen-bond donors (Lipinski definition) is 2. The summed E-state index contributed by atoms with van der Waals surface area (Å²) >= 11 is 4.79. The molecule has 1 saturated heterocycles. The molecule has 0 aromatic carbocycles. The molecular weight excluding hydrogens is 336 g/mol. The van der Waals surface area contributed by atoms with Crippen molar-refractivity contribution in [2.45, 2.75) is 19.0 Å². The number of halogens is 1. The van der Waals surface area contributed by atoms with Crippen LogP contribution in [-0.2, 0) is 16.1 Å². The van der Waals surface area contributed by atoms with Crippen molar-refractivity contribution in [3.05, 3.63) is 20.8 Å². The van der Waals surface area contributed by atoms with Gasteiger partial charge in [-0.15, -0.1) is 11.3 Å². The van der Waals surface area contributed by atoms with Gasteiger partial charge < -0.3 is 10.4 Å². The second kappa shape index (κ2) is 5.70. The van der Waals surface area contributed by atoms with Gasteiger partial charge in [-0.3, -0.25) is 14.5 Å². The Morgan fingerprint density at radius 3 is 2.89 bits per heavy atom. The molecule has 8 heteroatoms. The van der Waals surface area contributed by atoms with Crippen molar-refractivity contribution in [2.24, 2.45) is 0 Å². The van der Waals surface area contributed by atoms with Crippen LogP contribution in [0.15, 0.2) is 15.9 Å². The number of likely N-dealkylation sites (tertiary alicyclic amines) is 1. The normalized spacial score (nSPS) is 18.7. The van der Waals surface area contributed by atoms with Crippen molar-refractivity contribution in [2.75, 3.05) is 6.54 Å². The van der Waals surface area contributed by atoms with Crippen molar-refractivity contribution in [1.29, 1.82) is 0 Å². The van der Waals surface area contributed by atoms with Crippen molar-refractivity contribution in [3.8, 4) is 0 Å². The molecule has 2 N–H and O–H groups in total. The Bertz CT molecular complexity index is 531. The number of nitrogens with one attached hydrogen (secondary N) is 1. The van der Waals surface area contributed by atoms with Gasteiger partial charge in [-0.05, 0) is 22.0 Å². The molecule has 19 heavy (non-hydrogen) atoms. The first kappa shape index (κ1) is 14.0. The molecule has 2 rings (SSSR count). The molecule has 0 spiro atoms. The molecule has 102 valence electrons. The monoisotopic (exact) mass is 346 g/mol. The topological polar surface area (TPSA) is 86.7 Å². The lowest BCUT2D eigenvalue weighted by Gasteiger charge is -2.19. The maximum absolute atomic E-state index is 11.9. The highest BCUT2D eigenvalue weighted by Gasteiger charge is 2.38. The molecule has 1 aliphatic heterocycles. The Hall–Kier alpha value is -1.41. The number of carboxylic acid groups (broad SMARTS) is 1. The summed E-state index contributed by atoms with van der Waals surface area (Å²) in [5.41, 5.74) is 0.